The van der Waals surface area contributed by atoms with Crippen LogP contribution in [0.3, 0.4) is 0 Å². The molecule has 0 aliphatic rings. The van der Waals surface area contributed by atoms with Crippen molar-refractivity contribution in [1.82, 2.24) is 5.32 Å². The maximum absolute atomic E-state index is 11.7. The first-order valence-corrected chi connectivity index (χ1v) is 6.88. The van der Waals surface area contributed by atoms with E-state index >= 15 is 0 Å². The Labute approximate surface area is 111 Å². The van der Waals surface area contributed by atoms with Gasteiger partial charge >= 0.3 is 20.0 Å². The molecule has 2 atom stereocenters. The molecule has 0 fully saturated rings. The van der Waals surface area contributed by atoms with E-state index in [1.165, 1.54) is 13.8 Å². The van der Waals surface area contributed by atoms with Gasteiger partial charge in [0.2, 0.25) is 11.8 Å². The van der Waals surface area contributed by atoms with Crippen LogP contribution in [-0.2, 0) is 28.4 Å². The van der Waals surface area contributed by atoms with E-state index in [-0.39, 0.29) is 13.2 Å². The van der Waals surface area contributed by atoms with E-state index in [2.05, 4.69) is 14.8 Å². The topological polar surface area (TPSA) is 119 Å². The molecule has 0 aromatic rings. The van der Waals surface area contributed by atoms with Crippen LogP contribution in [-0.4, -0.2) is 41.7 Å². The normalized spacial score (nSPS) is 12.6. The van der Waals surface area contributed by atoms with Crippen molar-refractivity contribution in [2.45, 2.75) is 26.6 Å². The first-order chi connectivity index (χ1) is 8.84. The summed E-state index contributed by atoms with van der Waals surface area (Å²) in [5, 5.41) is 2.08. The minimum Gasteiger partial charge on any atom is -0.465 e. The predicted octanol–water partition coefficient (Wildman–Crippen LogP) is -0.0743. The Morgan fingerprint density at radius 3 is 1.84 bits per heavy atom. The second-order valence-corrected chi connectivity index (χ2v) is 4.59. The molecule has 19 heavy (non-hydrogen) atoms. The van der Waals surface area contributed by atoms with Crippen LogP contribution < -0.4 is 5.32 Å². The van der Waals surface area contributed by atoms with Gasteiger partial charge in [0.1, 0.15) is 0 Å². The molecule has 0 aliphatic carbocycles. The van der Waals surface area contributed by atoms with Crippen LogP contribution in [0.4, 0.5) is 0 Å². The van der Waals surface area contributed by atoms with Crippen LogP contribution >= 0.6 is 8.03 Å². The number of hydrogen-bond donors (Lipinski definition) is 2. The summed E-state index contributed by atoms with van der Waals surface area (Å²) >= 11 is 0. The van der Waals surface area contributed by atoms with Crippen molar-refractivity contribution >= 4 is 25.9 Å². The first-order valence-electron chi connectivity index (χ1n) is 5.60. The van der Waals surface area contributed by atoms with Gasteiger partial charge in [0.05, 0.1) is 13.2 Å². The van der Waals surface area contributed by atoms with Gasteiger partial charge in [-0.3, -0.25) is 14.4 Å². The maximum Gasteiger partial charge on any atom is 0.532 e. The van der Waals surface area contributed by atoms with E-state index in [4.69, 9.17) is 4.89 Å². The lowest BCUT2D eigenvalue weighted by molar-refractivity contribution is -0.162. The Hall–Kier alpha value is -1.53. The van der Waals surface area contributed by atoms with Crippen LogP contribution in [0.25, 0.3) is 0 Å². The fourth-order valence-corrected chi connectivity index (χ4v) is 2.08. The van der Waals surface area contributed by atoms with Crippen molar-refractivity contribution in [3.05, 3.63) is 0 Å². The van der Waals surface area contributed by atoms with E-state index in [0.29, 0.717) is 0 Å². The molecule has 0 aromatic heterocycles. The van der Waals surface area contributed by atoms with Crippen molar-refractivity contribution in [2.75, 3.05) is 13.2 Å². The molecule has 0 aliphatic heterocycles. The number of carbonyl (C=O) groups excluding carboxylic acids is 3. The van der Waals surface area contributed by atoms with Gasteiger partial charge in [0.15, 0.2) is 0 Å². The van der Waals surface area contributed by atoms with Gasteiger partial charge in [-0.15, -0.1) is 0 Å². The molecule has 1 amide bonds. The zero-order chi connectivity index (χ0) is 15.0. The molecule has 0 heterocycles. The number of amides is 1. The molecule has 2 N–H and O–H groups in total. The van der Waals surface area contributed by atoms with Gasteiger partial charge in [-0.05, 0) is 18.4 Å². The standard InChI is InChI=1S/C10H16NO7P/c1-4-17-9(13)7(10(14)18-5-2)8(19(15)16)11-6(3)12/h7-8H,4-5H2,1-3H3,(H-,11,12,15,16)/p+1. The first kappa shape index (κ1) is 17.5. The molecule has 0 saturated heterocycles. The highest BCUT2D eigenvalue weighted by Gasteiger charge is 2.49. The average molecular weight is 294 g/mol. The molecule has 0 rings (SSSR count). The van der Waals surface area contributed by atoms with Crippen molar-refractivity contribution in [2.24, 2.45) is 5.92 Å². The summed E-state index contributed by atoms with van der Waals surface area (Å²) in [7, 11) is -3.01. The fraction of sp³-hybridized carbons (Fsp3) is 0.700. The second-order valence-electron chi connectivity index (χ2n) is 3.43. The Bertz CT molecular complexity index is 353. The molecule has 0 radical (unpaired) electrons. The molecule has 0 saturated carbocycles. The SMILES string of the molecule is CCOC(=O)C(C(=O)OCC)C(NC(C)=O)[P+](=O)O. The van der Waals surface area contributed by atoms with E-state index in [1.54, 1.807) is 0 Å². The third-order valence-electron chi connectivity index (χ3n) is 1.99. The van der Waals surface area contributed by atoms with Crippen molar-refractivity contribution in [3.63, 3.8) is 0 Å². The summed E-state index contributed by atoms with van der Waals surface area (Å²) in [4.78, 5) is 43.5. The molecule has 9 heteroatoms. The number of hydrogen-bond acceptors (Lipinski definition) is 6. The minimum absolute atomic E-state index is 0.0102. The summed E-state index contributed by atoms with van der Waals surface area (Å²) < 4.78 is 20.5. The van der Waals surface area contributed by atoms with Gasteiger partial charge < -0.3 is 14.8 Å². The number of esters is 2. The summed E-state index contributed by atoms with van der Waals surface area (Å²) in [6.45, 7) is 4.12. The van der Waals surface area contributed by atoms with Gasteiger partial charge in [-0.2, -0.15) is 4.89 Å². The smallest absolute Gasteiger partial charge is 0.465 e. The van der Waals surface area contributed by atoms with Gasteiger partial charge in [0.25, 0.3) is 5.78 Å². The van der Waals surface area contributed by atoms with E-state index < -0.39 is 37.6 Å². The number of ether oxygens (including phenoxy) is 2. The highest BCUT2D eigenvalue weighted by Crippen LogP contribution is 2.28. The van der Waals surface area contributed by atoms with Gasteiger partial charge in [-0.25, -0.2) is 0 Å². The summed E-state index contributed by atoms with van der Waals surface area (Å²) in [6.07, 6.45) is 0. The van der Waals surface area contributed by atoms with Crippen molar-refractivity contribution < 1.29 is 33.3 Å². The zero-order valence-electron chi connectivity index (χ0n) is 10.9. The molecule has 8 nitrogen and oxygen atoms in total. The Morgan fingerprint density at radius 2 is 1.58 bits per heavy atom. The lowest BCUT2D eigenvalue weighted by Gasteiger charge is -2.16. The van der Waals surface area contributed by atoms with Crippen LogP contribution in [0.15, 0.2) is 0 Å². The van der Waals surface area contributed by atoms with Crippen LogP contribution in [0.2, 0.25) is 0 Å². The molecular formula is C10H17NO7P+. The third kappa shape index (κ3) is 5.76. The highest BCUT2D eigenvalue weighted by molar-refractivity contribution is 7.39. The maximum atomic E-state index is 11.7. The lowest BCUT2D eigenvalue weighted by Crippen LogP contribution is -2.45. The van der Waals surface area contributed by atoms with Crippen LogP contribution in [0.5, 0.6) is 0 Å². The summed E-state index contributed by atoms with van der Waals surface area (Å²) in [5.74, 6) is -5.93. The molecule has 0 spiro atoms. The monoisotopic (exact) mass is 294 g/mol. The average Bonchev–Trinajstić information content (AvgIpc) is 2.28. The van der Waals surface area contributed by atoms with Gasteiger partial charge in [0, 0.05) is 6.92 Å². The van der Waals surface area contributed by atoms with Crippen LogP contribution in [0.1, 0.15) is 20.8 Å². The van der Waals surface area contributed by atoms with Crippen molar-refractivity contribution in [1.29, 1.82) is 0 Å². The van der Waals surface area contributed by atoms with Gasteiger partial charge in [-0.1, -0.05) is 0 Å². The molecule has 0 aromatic carbocycles. The fourth-order valence-electron chi connectivity index (χ4n) is 1.29. The Morgan fingerprint density at radius 1 is 1.16 bits per heavy atom. The second kappa shape index (κ2) is 8.55. The quantitative estimate of drug-likeness (QED) is 0.383. The number of nitrogens with one attached hydrogen (secondary N) is 1. The molecule has 108 valence electrons. The summed E-state index contributed by atoms with van der Waals surface area (Å²) in [6, 6.07) is 0. The summed E-state index contributed by atoms with van der Waals surface area (Å²) in [5.41, 5.74) is 0. The molecular weight excluding hydrogens is 277 g/mol. The highest BCUT2D eigenvalue weighted by atomic mass is 31.1. The largest absolute Gasteiger partial charge is 0.532 e. The van der Waals surface area contributed by atoms with Crippen LogP contribution in [0, 0.1) is 5.92 Å². The Kier molecular flexibility index (Phi) is 7.86. The molecule has 2 unspecified atom stereocenters. The lowest BCUT2D eigenvalue weighted by atomic mass is 10.1. The van der Waals surface area contributed by atoms with Crippen molar-refractivity contribution in [3.8, 4) is 0 Å². The number of carbonyl (C=O) groups is 3. The Balaban J connectivity index is 5.25. The third-order valence-corrected chi connectivity index (χ3v) is 2.89. The number of rotatable bonds is 7. The minimum atomic E-state index is -3.01. The van der Waals surface area contributed by atoms with E-state index in [0.717, 1.165) is 6.92 Å². The predicted molar refractivity (Wildman–Crippen MR) is 64.2 cm³/mol. The molecule has 0 bridgehead atoms. The zero-order valence-corrected chi connectivity index (χ0v) is 11.8. The van der Waals surface area contributed by atoms with E-state index in [9.17, 15) is 18.9 Å². The van der Waals surface area contributed by atoms with E-state index in [1.807, 2.05) is 0 Å².